The summed E-state index contributed by atoms with van der Waals surface area (Å²) in [5.74, 6) is -0.290. The van der Waals surface area contributed by atoms with E-state index in [0.29, 0.717) is 17.9 Å². The molecule has 0 atom stereocenters. The normalized spacial score (nSPS) is 11.8. The summed E-state index contributed by atoms with van der Waals surface area (Å²) in [5, 5.41) is 0. The van der Waals surface area contributed by atoms with E-state index in [1.165, 1.54) is 0 Å². The van der Waals surface area contributed by atoms with Gasteiger partial charge in [-0.25, -0.2) is 8.42 Å². The van der Waals surface area contributed by atoms with E-state index in [1.54, 1.807) is 18.2 Å². The first-order valence-corrected chi connectivity index (χ1v) is 7.92. The molecule has 0 aliphatic rings. The minimum Gasteiger partial charge on any atom is -0.293 e. The van der Waals surface area contributed by atoms with E-state index in [2.05, 4.69) is 0 Å². The van der Waals surface area contributed by atoms with E-state index in [9.17, 15) is 13.2 Å². The molecule has 0 aromatic heterocycles. The Balaban J connectivity index is 2.70. The van der Waals surface area contributed by atoms with Gasteiger partial charge in [-0.15, -0.1) is 0 Å². The maximum atomic E-state index is 11.9. The Morgan fingerprint density at radius 2 is 1.94 bits per heavy atom. The van der Waals surface area contributed by atoms with Gasteiger partial charge in [0.05, 0.1) is 5.75 Å². The number of carbonyl (C=O) groups is 1. The zero-order valence-corrected chi connectivity index (χ0v) is 12.0. The van der Waals surface area contributed by atoms with Gasteiger partial charge < -0.3 is 0 Å². The fourth-order valence-corrected chi connectivity index (χ4v) is 3.13. The first kappa shape index (κ1) is 14.9. The molecule has 0 spiro atoms. The summed E-state index contributed by atoms with van der Waals surface area (Å²) in [6, 6.07) is 7.03. The molecule has 1 aromatic carbocycles. The molecule has 0 aliphatic carbocycles. The summed E-state index contributed by atoms with van der Waals surface area (Å²) in [6.07, 6.45) is 0.601. The third-order valence-corrected chi connectivity index (χ3v) is 4.26. The van der Waals surface area contributed by atoms with Crippen molar-refractivity contribution in [2.24, 2.45) is 5.92 Å². The van der Waals surface area contributed by atoms with Gasteiger partial charge in [0.1, 0.15) is 5.75 Å². The van der Waals surface area contributed by atoms with Crippen molar-refractivity contribution in [2.45, 2.75) is 27.2 Å². The van der Waals surface area contributed by atoms with E-state index in [-0.39, 0.29) is 17.3 Å². The summed E-state index contributed by atoms with van der Waals surface area (Å²) in [7, 11) is -3.29. The molecule has 0 radical (unpaired) electrons. The van der Waals surface area contributed by atoms with Gasteiger partial charge in [0.15, 0.2) is 15.6 Å². The van der Waals surface area contributed by atoms with E-state index in [4.69, 9.17) is 0 Å². The Morgan fingerprint density at radius 3 is 2.50 bits per heavy atom. The maximum Gasteiger partial charge on any atom is 0.177 e. The first-order valence-electron chi connectivity index (χ1n) is 6.10. The Bertz CT molecular complexity index is 516. The van der Waals surface area contributed by atoms with Gasteiger partial charge in [-0.3, -0.25) is 4.79 Å². The summed E-state index contributed by atoms with van der Waals surface area (Å²) >= 11 is 0. The average molecular weight is 268 g/mol. The number of carbonyl (C=O) groups excluding carboxylic acids is 1. The van der Waals surface area contributed by atoms with Crippen molar-refractivity contribution in [3.63, 3.8) is 0 Å². The second-order valence-electron chi connectivity index (χ2n) is 5.07. The molecule has 1 aromatic rings. The predicted octanol–water partition coefficient (Wildman–Crippen LogP) is 2.64. The molecule has 18 heavy (non-hydrogen) atoms. The van der Waals surface area contributed by atoms with Crippen LogP contribution in [0.15, 0.2) is 24.3 Å². The van der Waals surface area contributed by atoms with Gasteiger partial charge in [0, 0.05) is 5.56 Å². The van der Waals surface area contributed by atoms with Gasteiger partial charge in [0.2, 0.25) is 0 Å². The van der Waals surface area contributed by atoms with Gasteiger partial charge >= 0.3 is 0 Å². The number of benzene rings is 1. The zero-order valence-electron chi connectivity index (χ0n) is 11.1. The van der Waals surface area contributed by atoms with Gasteiger partial charge in [-0.05, 0) is 25.3 Å². The quantitative estimate of drug-likeness (QED) is 0.745. The number of aryl methyl sites for hydroxylation is 1. The fourth-order valence-electron chi connectivity index (χ4n) is 1.59. The van der Waals surface area contributed by atoms with Crippen molar-refractivity contribution in [1.82, 2.24) is 0 Å². The van der Waals surface area contributed by atoms with Crippen LogP contribution in [0.5, 0.6) is 0 Å². The lowest BCUT2D eigenvalue weighted by Gasteiger charge is -2.06. The van der Waals surface area contributed by atoms with E-state index >= 15 is 0 Å². The van der Waals surface area contributed by atoms with Crippen molar-refractivity contribution in [3.05, 3.63) is 35.4 Å². The van der Waals surface area contributed by atoms with Crippen molar-refractivity contribution >= 4 is 15.6 Å². The highest BCUT2D eigenvalue weighted by atomic mass is 32.2. The van der Waals surface area contributed by atoms with Crippen LogP contribution in [0.3, 0.4) is 0 Å². The monoisotopic (exact) mass is 268 g/mol. The number of ketones is 1. The number of hydrogen-bond donors (Lipinski definition) is 0. The Kier molecular flexibility index (Phi) is 5.08. The molecule has 0 unspecified atom stereocenters. The molecule has 100 valence electrons. The summed E-state index contributed by atoms with van der Waals surface area (Å²) in [6.45, 7) is 5.82. The highest BCUT2D eigenvalue weighted by Crippen LogP contribution is 2.09. The maximum absolute atomic E-state index is 11.9. The lowest BCUT2D eigenvalue weighted by atomic mass is 10.1. The number of rotatable bonds is 6. The van der Waals surface area contributed by atoms with Crippen LogP contribution in [-0.2, 0) is 9.84 Å². The van der Waals surface area contributed by atoms with Gasteiger partial charge in [0.25, 0.3) is 0 Å². The predicted molar refractivity (Wildman–Crippen MR) is 73.6 cm³/mol. The SMILES string of the molecule is Cc1cccc(C(=O)CS(=O)(=O)CCC(C)C)c1. The van der Waals surface area contributed by atoms with Crippen molar-refractivity contribution in [3.8, 4) is 0 Å². The van der Waals surface area contributed by atoms with Crippen LogP contribution in [0.25, 0.3) is 0 Å². The van der Waals surface area contributed by atoms with Crippen molar-refractivity contribution < 1.29 is 13.2 Å². The topological polar surface area (TPSA) is 51.2 Å². The summed E-state index contributed by atoms with van der Waals surface area (Å²) in [4.78, 5) is 11.9. The van der Waals surface area contributed by atoms with Crippen LogP contribution < -0.4 is 0 Å². The van der Waals surface area contributed by atoms with Crippen LogP contribution in [-0.4, -0.2) is 25.7 Å². The number of sulfone groups is 1. The average Bonchev–Trinajstić information content (AvgIpc) is 2.26. The van der Waals surface area contributed by atoms with Crippen LogP contribution in [0.1, 0.15) is 36.2 Å². The van der Waals surface area contributed by atoms with Crippen LogP contribution >= 0.6 is 0 Å². The van der Waals surface area contributed by atoms with Gasteiger partial charge in [-0.1, -0.05) is 37.6 Å². The first-order chi connectivity index (χ1) is 8.30. The molecule has 0 fully saturated rings. The van der Waals surface area contributed by atoms with Gasteiger partial charge in [-0.2, -0.15) is 0 Å². The molecule has 0 saturated carbocycles. The molecule has 0 amide bonds. The Labute approximate surface area is 109 Å². The molecule has 0 aliphatic heterocycles. The Morgan fingerprint density at radius 1 is 1.28 bits per heavy atom. The molecular weight excluding hydrogens is 248 g/mol. The minimum absolute atomic E-state index is 0.0855. The zero-order chi connectivity index (χ0) is 13.8. The van der Waals surface area contributed by atoms with E-state index < -0.39 is 9.84 Å². The highest BCUT2D eigenvalue weighted by Gasteiger charge is 2.18. The second-order valence-corrected chi connectivity index (χ2v) is 7.25. The number of hydrogen-bond acceptors (Lipinski definition) is 3. The largest absolute Gasteiger partial charge is 0.293 e. The van der Waals surface area contributed by atoms with Crippen LogP contribution in [0.4, 0.5) is 0 Å². The summed E-state index contributed by atoms with van der Waals surface area (Å²) in [5.41, 5.74) is 1.43. The standard InChI is InChI=1S/C14H20O3S/c1-11(2)7-8-18(16,17)10-14(15)13-6-4-5-12(3)9-13/h4-6,9,11H,7-8,10H2,1-3H3. The molecule has 1 rings (SSSR count). The molecule has 0 saturated heterocycles. The minimum atomic E-state index is -3.29. The fraction of sp³-hybridized carbons (Fsp3) is 0.500. The number of Topliss-reactive ketones (excluding diaryl/α,β-unsaturated/α-hetero) is 1. The van der Waals surface area contributed by atoms with Crippen molar-refractivity contribution in [1.29, 1.82) is 0 Å². The Hall–Kier alpha value is -1.16. The second kappa shape index (κ2) is 6.14. The molecule has 0 heterocycles. The molecule has 0 N–H and O–H groups in total. The molecule has 0 bridgehead atoms. The van der Waals surface area contributed by atoms with Crippen LogP contribution in [0, 0.1) is 12.8 Å². The molecule has 3 nitrogen and oxygen atoms in total. The lowest BCUT2D eigenvalue weighted by Crippen LogP contribution is -2.20. The lowest BCUT2D eigenvalue weighted by molar-refractivity contribution is 0.102. The van der Waals surface area contributed by atoms with E-state index in [0.717, 1.165) is 5.56 Å². The molecular formula is C14H20O3S. The third-order valence-electron chi connectivity index (χ3n) is 2.70. The van der Waals surface area contributed by atoms with E-state index in [1.807, 2.05) is 26.8 Å². The third kappa shape index (κ3) is 5.00. The summed E-state index contributed by atoms with van der Waals surface area (Å²) < 4.78 is 23.6. The highest BCUT2D eigenvalue weighted by molar-refractivity contribution is 7.92. The molecule has 4 heteroatoms. The van der Waals surface area contributed by atoms with Crippen molar-refractivity contribution in [2.75, 3.05) is 11.5 Å². The van der Waals surface area contributed by atoms with Crippen LogP contribution in [0.2, 0.25) is 0 Å². The smallest absolute Gasteiger partial charge is 0.177 e.